The fraction of sp³-hybridized carbons (Fsp3) is 0.406. The van der Waals surface area contributed by atoms with E-state index in [4.69, 9.17) is 0 Å². The third-order valence-electron chi connectivity index (χ3n) is 7.67. The van der Waals surface area contributed by atoms with Crippen molar-refractivity contribution in [1.82, 2.24) is 10.2 Å². The van der Waals surface area contributed by atoms with Gasteiger partial charge in [0.25, 0.3) is 0 Å². The molecule has 0 radical (unpaired) electrons. The van der Waals surface area contributed by atoms with E-state index in [-0.39, 0.29) is 5.91 Å². The van der Waals surface area contributed by atoms with Crippen LogP contribution in [0.15, 0.2) is 97.6 Å². The second-order valence-electron chi connectivity index (χ2n) is 10.4. The van der Waals surface area contributed by atoms with Crippen molar-refractivity contribution in [2.24, 2.45) is 5.41 Å². The number of rotatable bonds is 12. The van der Waals surface area contributed by atoms with Crippen LogP contribution in [0.5, 0.6) is 0 Å². The highest BCUT2D eigenvalue weighted by Crippen LogP contribution is 2.36. The lowest BCUT2D eigenvalue weighted by Crippen LogP contribution is -2.44. The fourth-order valence-corrected chi connectivity index (χ4v) is 4.97. The van der Waals surface area contributed by atoms with Crippen LogP contribution in [0.3, 0.4) is 0 Å². The summed E-state index contributed by atoms with van der Waals surface area (Å²) in [6.07, 6.45) is 11.5. The second-order valence-corrected chi connectivity index (χ2v) is 10.4. The number of hydrogen-bond acceptors (Lipinski definition) is 2. The van der Waals surface area contributed by atoms with Crippen LogP contribution in [0.2, 0.25) is 0 Å². The molecular formula is C32H42N2O. The summed E-state index contributed by atoms with van der Waals surface area (Å²) in [5.41, 5.74) is 2.90. The molecule has 3 rings (SSSR count). The van der Waals surface area contributed by atoms with Gasteiger partial charge in [-0.15, -0.1) is 0 Å². The molecule has 1 saturated heterocycles. The summed E-state index contributed by atoms with van der Waals surface area (Å²) < 4.78 is 0. The Bertz CT molecular complexity index is 945. The standard InChI is InChI=1S/C32H42N2O/c1-5-6-14-27(2)19-20-31(3)21-25-34(26-22-31)24-13-23-33-30(35)32(4,28-15-9-7-10-16-28)29-17-11-8-12-18-29/h5-12,14-18H,1-2,13,19-26H2,3-4H3,(H,33,35)/b14-6-. The van der Waals surface area contributed by atoms with Crippen LogP contribution < -0.4 is 5.32 Å². The molecule has 1 N–H and O–H groups in total. The van der Waals surface area contributed by atoms with Crippen LogP contribution in [0.4, 0.5) is 0 Å². The monoisotopic (exact) mass is 470 g/mol. The van der Waals surface area contributed by atoms with Crippen molar-refractivity contribution in [3.05, 3.63) is 109 Å². The van der Waals surface area contributed by atoms with E-state index in [2.05, 4.69) is 36.4 Å². The maximum Gasteiger partial charge on any atom is 0.234 e. The zero-order valence-electron chi connectivity index (χ0n) is 21.6. The molecule has 186 valence electrons. The van der Waals surface area contributed by atoms with Gasteiger partial charge in [0.1, 0.15) is 0 Å². The van der Waals surface area contributed by atoms with Gasteiger partial charge in [0.2, 0.25) is 5.91 Å². The lowest BCUT2D eigenvalue weighted by molar-refractivity contribution is -0.124. The number of carbonyl (C=O) groups excluding carboxylic acids is 1. The Labute approximate surface area is 212 Å². The second kappa shape index (κ2) is 12.7. The molecule has 0 bridgehead atoms. The SMILES string of the molecule is C=C/C=C\C(=C)CCC1(C)CCN(CCCNC(=O)C(C)(c2ccccc2)c2ccccc2)CC1. The van der Waals surface area contributed by atoms with Crippen LogP contribution in [0, 0.1) is 5.41 Å². The van der Waals surface area contributed by atoms with Gasteiger partial charge in [-0.1, -0.05) is 105 Å². The maximum absolute atomic E-state index is 13.5. The molecule has 1 fully saturated rings. The van der Waals surface area contributed by atoms with Crippen molar-refractivity contribution in [2.45, 2.75) is 51.4 Å². The van der Waals surface area contributed by atoms with E-state index < -0.39 is 5.41 Å². The Kier molecular flexibility index (Phi) is 9.68. The lowest BCUT2D eigenvalue weighted by atomic mass is 9.75. The van der Waals surface area contributed by atoms with Crippen LogP contribution in [0.25, 0.3) is 0 Å². The summed E-state index contributed by atoms with van der Waals surface area (Å²) >= 11 is 0. The van der Waals surface area contributed by atoms with Gasteiger partial charge in [-0.2, -0.15) is 0 Å². The van der Waals surface area contributed by atoms with Gasteiger partial charge in [0.05, 0.1) is 5.41 Å². The number of carbonyl (C=O) groups is 1. The number of nitrogens with one attached hydrogen (secondary N) is 1. The quantitative estimate of drug-likeness (QED) is 0.277. The molecule has 0 spiro atoms. The molecule has 0 saturated carbocycles. The zero-order valence-corrected chi connectivity index (χ0v) is 21.6. The molecule has 1 amide bonds. The highest BCUT2D eigenvalue weighted by molar-refractivity contribution is 5.91. The minimum atomic E-state index is -0.708. The number of likely N-dealkylation sites (tertiary alicyclic amines) is 1. The van der Waals surface area contributed by atoms with Crippen molar-refractivity contribution in [1.29, 1.82) is 0 Å². The summed E-state index contributed by atoms with van der Waals surface area (Å²) in [4.78, 5) is 16.0. The molecule has 0 unspecified atom stereocenters. The summed E-state index contributed by atoms with van der Waals surface area (Å²) in [6.45, 7) is 16.3. The van der Waals surface area contributed by atoms with E-state index >= 15 is 0 Å². The van der Waals surface area contributed by atoms with Crippen molar-refractivity contribution >= 4 is 5.91 Å². The molecule has 3 nitrogen and oxygen atoms in total. The van der Waals surface area contributed by atoms with Crippen molar-refractivity contribution < 1.29 is 4.79 Å². The minimum Gasteiger partial charge on any atom is -0.355 e. The van der Waals surface area contributed by atoms with Gasteiger partial charge in [-0.25, -0.2) is 0 Å². The van der Waals surface area contributed by atoms with Crippen LogP contribution in [-0.2, 0) is 10.2 Å². The van der Waals surface area contributed by atoms with E-state index in [0.29, 0.717) is 12.0 Å². The zero-order chi connectivity index (χ0) is 25.2. The third-order valence-corrected chi connectivity index (χ3v) is 7.67. The highest BCUT2D eigenvalue weighted by atomic mass is 16.2. The summed E-state index contributed by atoms with van der Waals surface area (Å²) in [6, 6.07) is 20.2. The lowest BCUT2D eigenvalue weighted by Gasteiger charge is -2.39. The molecule has 0 atom stereocenters. The molecule has 0 aromatic heterocycles. The van der Waals surface area contributed by atoms with E-state index in [9.17, 15) is 4.79 Å². The average molecular weight is 471 g/mol. The van der Waals surface area contributed by atoms with Crippen molar-refractivity contribution in [2.75, 3.05) is 26.2 Å². The molecule has 1 heterocycles. The van der Waals surface area contributed by atoms with Gasteiger partial charge >= 0.3 is 0 Å². The topological polar surface area (TPSA) is 32.3 Å². The van der Waals surface area contributed by atoms with Gasteiger partial charge in [-0.3, -0.25) is 4.79 Å². The largest absolute Gasteiger partial charge is 0.355 e. The molecular weight excluding hydrogens is 428 g/mol. The molecule has 1 aliphatic rings. The smallest absolute Gasteiger partial charge is 0.234 e. The molecule has 1 aliphatic heterocycles. The number of benzene rings is 2. The summed E-state index contributed by atoms with van der Waals surface area (Å²) in [5, 5.41) is 3.24. The fourth-order valence-electron chi connectivity index (χ4n) is 4.97. The van der Waals surface area contributed by atoms with Crippen LogP contribution >= 0.6 is 0 Å². The van der Waals surface area contributed by atoms with Crippen LogP contribution in [0.1, 0.15) is 57.1 Å². The molecule has 3 heteroatoms. The van der Waals surface area contributed by atoms with E-state index in [1.165, 1.54) is 24.8 Å². The first-order valence-corrected chi connectivity index (χ1v) is 13.0. The van der Waals surface area contributed by atoms with Gasteiger partial charge < -0.3 is 10.2 Å². The number of hydrogen-bond donors (Lipinski definition) is 1. The highest BCUT2D eigenvalue weighted by Gasteiger charge is 2.36. The van der Waals surface area contributed by atoms with Crippen molar-refractivity contribution in [3.63, 3.8) is 0 Å². The Morgan fingerprint density at radius 3 is 2.17 bits per heavy atom. The van der Waals surface area contributed by atoms with E-state index in [1.807, 2.05) is 73.7 Å². The Morgan fingerprint density at radius 1 is 1.06 bits per heavy atom. The minimum absolute atomic E-state index is 0.0619. The predicted octanol–water partition coefficient (Wildman–Crippen LogP) is 6.68. The van der Waals surface area contributed by atoms with Gasteiger partial charge in [0, 0.05) is 6.54 Å². The average Bonchev–Trinajstić information content (AvgIpc) is 2.90. The van der Waals surface area contributed by atoms with Crippen molar-refractivity contribution in [3.8, 4) is 0 Å². The molecule has 2 aromatic rings. The Morgan fingerprint density at radius 2 is 1.63 bits per heavy atom. The maximum atomic E-state index is 13.5. The predicted molar refractivity (Wildman–Crippen MR) is 148 cm³/mol. The van der Waals surface area contributed by atoms with Crippen LogP contribution in [-0.4, -0.2) is 37.0 Å². The first kappa shape index (κ1) is 26.7. The number of nitrogens with zero attached hydrogens (tertiary/aromatic N) is 1. The van der Waals surface area contributed by atoms with E-state index in [1.54, 1.807) is 6.08 Å². The summed E-state index contributed by atoms with van der Waals surface area (Å²) in [5.74, 6) is 0.0619. The first-order valence-electron chi connectivity index (χ1n) is 13.0. The summed E-state index contributed by atoms with van der Waals surface area (Å²) in [7, 11) is 0. The van der Waals surface area contributed by atoms with Gasteiger partial charge in [-0.05, 0) is 75.2 Å². The third kappa shape index (κ3) is 7.29. The molecule has 2 aromatic carbocycles. The molecule has 0 aliphatic carbocycles. The normalized spacial score (nSPS) is 16.2. The number of amides is 1. The van der Waals surface area contributed by atoms with Gasteiger partial charge in [0.15, 0.2) is 0 Å². The molecule has 35 heavy (non-hydrogen) atoms. The first-order chi connectivity index (χ1) is 16.9. The Hall–Kier alpha value is -2.91. The number of allylic oxidation sites excluding steroid dienone is 4. The Balaban J connectivity index is 1.46. The van der Waals surface area contributed by atoms with E-state index in [0.717, 1.165) is 43.6 Å². The number of piperidine rings is 1.